The third kappa shape index (κ3) is 6.72. The lowest BCUT2D eigenvalue weighted by atomic mass is 10.0. The number of halogens is 4. The number of alkyl halides is 3. The van der Waals surface area contributed by atoms with Crippen LogP contribution < -0.4 is 15.4 Å². The molecular weight excluding hydrogens is 377 g/mol. The summed E-state index contributed by atoms with van der Waals surface area (Å²) in [4.78, 5) is 23.9. The summed E-state index contributed by atoms with van der Waals surface area (Å²) in [6, 6.07) is 4.33. The van der Waals surface area contributed by atoms with Crippen LogP contribution in [0.5, 0.6) is 5.75 Å². The SMILES string of the molecule is COC(=O)CC(NC(=O)C1CCNC1)c1ccc(OC(F)(F)F)cc1.Cl. The molecular formula is C16H20ClF3N2O4. The Hall–Kier alpha value is -2.00. The number of carbonyl (C=O) groups excluding carboxylic acids is 2. The molecule has 0 bridgehead atoms. The Morgan fingerprint density at radius 1 is 1.31 bits per heavy atom. The van der Waals surface area contributed by atoms with Crippen molar-refractivity contribution in [1.82, 2.24) is 10.6 Å². The van der Waals surface area contributed by atoms with E-state index in [1.54, 1.807) is 0 Å². The van der Waals surface area contributed by atoms with Gasteiger partial charge < -0.3 is 20.1 Å². The minimum atomic E-state index is -4.78. The van der Waals surface area contributed by atoms with Gasteiger partial charge in [-0.3, -0.25) is 9.59 Å². The molecule has 2 atom stereocenters. The van der Waals surface area contributed by atoms with Crippen molar-refractivity contribution in [3.05, 3.63) is 29.8 Å². The van der Waals surface area contributed by atoms with Crippen molar-refractivity contribution in [1.29, 1.82) is 0 Å². The highest BCUT2D eigenvalue weighted by Crippen LogP contribution is 2.26. The van der Waals surface area contributed by atoms with Gasteiger partial charge in [0.15, 0.2) is 0 Å². The number of ether oxygens (including phenoxy) is 2. The van der Waals surface area contributed by atoms with Gasteiger partial charge in [-0.15, -0.1) is 25.6 Å². The number of nitrogens with one attached hydrogen (secondary N) is 2. The number of hydrogen-bond donors (Lipinski definition) is 2. The normalized spacial score (nSPS) is 17.8. The summed E-state index contributed by atoms with van der Waals surface area (Å²) in [6.45, 7) is 1.29. The van der Waals surface area contributed by atoms with E-state index in [9.17, 15) is 22.8 Å². The van der Waals surface area contributed by atoms with Crippen LogP contribution in [0, 0.1) is 5.92 Å². The number of amides is 1. The minimum absolute atomic E-state index is 0. The predicted molar refractivity (Wildman–Crippen MR) is 88.9 cm³/mol. The van der Waals surface area contributed by atoms with Crippen LogP contribution in [0.25, 0.3) is 0 Å². The van der Waals surface area contributed by atoms with Gasteiger partial charge in [0.2, 0.25) is 5.91 Å². The monoisotopic (exact) mass is 396 g/mol. The van der Waals surface area contributed by atoms with E-state index >= 15 is 0 Å². The van der Waals surface area contributed by atoms with Crippen LogP contribution >= 0.6 is 12.4 Å². The largest absolute Gasteiger partial charge is 0.573 e. The molecule has 26 heavy (non-hydrogen) atoms. The molecule has 1 saturated heterocycles. The number of hydrogen-bond acceptors (Lipinski definition) is 5. The van der Waals surface area contributed by atoms with Gasteiger partial charge >= 0.3 is 12.3 Å². The summed E-state index contributed by atoms with van der Waals surface area (Å²) in [5.74, 6) is -1.33. The topological polar surface area (TPSA) is 76.7 Å². The Kier molecular flexibility index (Phi) is 8.16. The molecule has 1 fully saturated rings. The summed E-state index contributed by atoms with van der Waals surface area (Å²) in [6.07, 6.45) is -4.21. The number of carbonyl (C=O) groups is 2. The number of esters is 1. The maximum absolute atomic E-state index is 12.3. The molecule has 1 aliphatic rings. The van der Waals surface area contributed by atoms with E-state index in [2.05, 4.69) is 20.1 Å². The van der Waals surface area contributed by atoms with Crippen molar-refractivity contribution in [2.75, 3.05) is 20.2 Å². The Balaban J connectivity index is 0.00000338. The van der Waals surface area contributed by atoms with E-state index in [0.717, 1.165) is 18.7 Å². The summed E-state index contributed by atoms with van der Waals surface area (Å²) in [5, 5.41) is 5.84. The second-order valence-electron chi connectivity index (χ2n) is 5.65. The second-order valence-corrected chi connectivity index (χ2v) is 5.65. The number of rotatable bonds is 6. The predicted octanol–water partition coefficient (Wildman–Crippen LogP) is 2.34. The van der Waals surface area contributed by atoms with Crippen molar-refractivity contribution in [3.63, 3.8) is 0 Å². The van der Waals surface area contributed by atoms with Gasteiger partial charge in [0.05, 0.1) is 25.5 Å². The lowest BCUT2D eigenvalue weighted by Crippen LogP contribution is -2.36. The average molecular weight is 397 g/mol. The van der Waals surface area contributed by atoms with Crippen LogP contribution in [0.15, 0.2) is 24.3 Å². The van der Waals surface area contributed by atoms with Crippen LogP contribution in [-0.4, -0.2) is 38.4 Å². The fraction of sp³-hybridized carbons (Fsp3) is 0.500. The van der Waals surface area contributed by atoms with Crippen LogP contribution in [0.1, 0.15) is 24.4 Å². The highest BCUT2D eigenvalue weighted by molar-refractivity contribution is 5.85. The first-order chi connectivity index (χ1) is 11.8. The molecule has 0 radical (unpaired) electrons. The molecule has 1 aliphatic heterocycles. The molecule has 0 aliphatic carbocycles. The van der Waals surface area contributed by atoms with Crippen LogP contribution in [0.4, 0.5) is 13.2 Å². The van der Waals surface area contributed by atoms with Crippen LogP contribution in [0.2, 0.25) is 0 Å². The van der Waals surface area contributed by atoms with Crippen LogP contribution in [0.3, 0.4) is 0 Å². The van der Waals surface area contributed by atoms with E-state index in [-0.39, 0.29) is 36.4 Å². The summed E-state index contributed by atoms with van der Waals surface area (Å²) in [5.41, 5.74) is 0.485. The van der Waals surface area contributed by atoms with Crippen molar-refractivity contribution >= 4 is 24.3 Å². The highest BCUT2D eigenvalue weighted by atomic mass is 35.5. The molecule has 1 aromatic rings. The maximum Gasteiger partial charge on any atom is 0.573 e. The van der Waals surface area contributed by atoms with Crippen LogP contribution in [-0.2, 0) is 14.3 Å². The molecule has 1 aromatic carbocycles. The first-order valence-corrected chi connectivity index (χ1v) is 7.72. The van der Waals surface area contributed by atoms with Crippen molar-refractivity contribution in [3.8, 4) is 5.75 Å². The molecule has 0 spiro atoms. The fourth-order valence-corrected chi connectivity index (χ4v) is 2.57. The highest BCUT2D eigenvalue weighted by Gasteiger charge is 2.31. The maximum atomic E-state index is 12.3. The van der Waals surface area contributed by atoms with Crippen molar-refractivity contribution in [2.45, 2.75) is 25.2 Å². The van der Waals surface area contributed by atoms with Gasteiger partial charge in [-0.2, -0.15) is 0 Å². The quantitative estimate of drug-likeness (QED) is 0.722. The second kappa shape index (κ2) is 9.63. The Labute approximate surface area is 154 Å². The van der Waals surface area contributed by atoms with E-state index in [4.69, 9.17) is 0 Å². The third-order valence-corrected chi connectivity index (χ3v) is 3.86. The summed E-state index contributed by atoms with van der Waals surface area (Å²) in [7, 11) is 1.22. The molecule has 0 saturated carbocycles. The zero-order chi connectivity index (χ0) is 18.4. The van der Waals surface area contributed by atoms with Crippen molar-refractivity contribution in [2.24, 2.45) is 5.92 Å². The van der Waals surface area contributed by atoms with Gasteiger partial charge in [-0.05, 0) is 30.7 Å². The summed E-state index contributed by atoms with van der Waals surface area (Å²) < 4.78 is 45.1. The Morgan fingerprint density at radius 3 is 2.46 bits per heavy atom. The smallest absolute Gasteiger partial charge is 0.469 e. The van der Waals surface area contributed by atoms with Crippen molar-refractivity contribution < 1.29 is 32.2 Å². The molecule has 146 valence electrons. The molecule has 1 heterocycles. The molecule has 2 N–H and O–H groups in total. The molecule has 0 aromatic heterocycles. The minimum Gasteiger partial charge on any atom is -0.469 e. The zero-order valence-corrected chi connectivity index (χ0v) is 14.8. The van der Waals surface area contributed by atoms with Gasteiger partial charge in [-0.25, -0.2) is 0 Å². The Bertz CT molecular complexity index is 605. The third-order valence-electron chi connectivity index (χ3n) is 3.86. The molecule has 10 heteroatoms. The van der Waals surface area contributed by atoms with E-state index in [1.807, 2.05) is 0 Å². The molecule has 6 nitrogen and oxygen atoms in total. The zero-order valence-electron chi connectivity index (χ0n) is 14.0. The van der Waals surface area contributed by atoms with Gasteiger partial charge in [0, 0.05) is 6.54 Å². The summed E-state index contributed by atoms with van der Waals surface area (Å²) >= 11 is 0. The van der Waals surface area contributed by atoms with E-state index < -0.39 is 18.4 Å². The van der Waals surface area contributed by atoms with Gasteiger partial charge in [-0.1, -0.05) is 12.1 Å². The van der Waals surface area contributed by atoms with Gasteiger partial charge in [0.1, 0.15) is 5.75 Å². The van der Waals surface area contributed by atoms with E-state index in [0.29, 0.717) is 18.5 Å². The molecule has 1 amide bonds. The first kappa shape index (κ1) is 22.0. The standard InChI is InChI=1S/C16H19F3N2O4.ClH/c1-24-14(22)8-13(21-15(23)11-6-7-20-9-11)10-2-4-12(5-3-10)25-16(17,18)19;/h2-5,11,13,20H,6-9H2,1H3,(H,21,23);1H. The Morgan fingerprint density at radius 2 is 1.96 bits per heavy atom. The number of benzene rings is 1. The molecule has 2 unspecified atom stereocenters. The lowest BCUT2D eigenvalue weighted by Gasteiger charge is -2.20. The van der Waals surface area contributed by atoms with E-state index in [1.165, 1.54) is 19.2 Å². The fourth-order valence-electron chi connectivity index (χ4n) is 2.57. The average Bonchev–Trinajstić information content (AvgIpc) is 3.08. The number of methoxy groups -OCH3 is 1. The first-order valence-electron chi connectivity index (χ1n) is 7.72. The lowest BCUT2D eigenvalue weighted by molar-refractivity contribution is -0.274. The van der Waals surface area contributed by atoms with Gasteiger partial charge in [0.25, 0.3) is 0 Å². The molecule has 2 rings (SSSR count).